The second kappa shape index (κ2) is 4.63. The molecule has 2 aliphatic heterocycles. The van der Waals surface area contributed by atoms with Crippen molar-refractivity contribution in [3.8, 4) is 0 Å². The number of hydrogen-bond acceptors (Lipinski definition) is 3. The molecule has 3 N–H and O–H groups in total. The van der Waals surface area contributed by atoms with Crippen molar-refractivity contribution in [1.29, 1.82) is 0 Å². The number of hydrogen-bond donors (Lipinski definition) is 3. The molecular weight excluding hydrogens is 258 g/mol. The minimum atomic E-state index is -0.465. The maximum Gasteiger partial charge on any atom is 0.246 e. The number of carbonyl (C=O) groups excluding carboxylic acids is 3. The molecule has 3 amide bonds. The first kappa shape index (κ1) is 12.7. The van der Waals surface area contributed by atoms with Crippen LogP contribution in [0.15, 0.2) is 18.2 Å². The Labute approximate surface area is 115 Å². The predicted molar refractivity (Wildman–Crippen MR) is 73.3 cm³/mol. The van der Waals surface area contributed by atoms with E-state index in [0.717, 1.165) is 11.3 Å². The SMILES string of the molecule is CC1C(=O)Nc2ccc(NC(=O)C3CCC(=O)N3)cc21. The maximum atomic E-state index is 12.0. The zero-order valence-corrected chi connectivity index (χ0v) is 11.0. The maximum absolute atomic E-state index is 12.0. The van der Waals surface area contributed by atoms with Crippen LogP contribution in [0, 0.1) is 0 Å². The molecule has 2 unspecified atom stereocenters. The van der Waals surface area contributed by atoms with E-state index in [0.29, 0.717) is 18.5 Å². The zero-order valence-electron chi connectivity index (χ0n) is 11.0. The predicted octanol–water partition coefficient (Wildman–Crippen LogP) is 0.959. The van der Waals surface area contributed by atoms with E-state index in [9.17, 15) is 14.4 Å². The summed E-state index contributed by atoms with van der Waals surface area (Å²) in [5.74, 6) is -0.567. The van der Waals surface area contributed by atoms with E-state index < -0.39 is 6.04 Å². The molecule has 104 valence electrons. The van der Waals surface area contributed by atoms with Crippen LogP contribution in [0.3, 0.4) is 0 Å². The molecule has 6 heteroatoms. The molecule has 2 aliphatic rings. The second-order valence-electron chi connectivity index (χ2n) is 5.16. The number of benzene rings is 1. The lowest BCUT2D eigenvalue weighted by Crippen LogP contribution is -2.37. The lowest BCUT2D eigenvalue weighted by atomic mass is 10.0. The van der Waals surface area contributed by atoms with Gasteiger partial charge in [-0.2, -0.15) is 0 Å². The van der Waals surface area contributed by atoms with E-state index in [1.165, 1.54) is 0 Å². The molecule has 0 spiro atoms. The van der Waals surface area contributed by atoms with E-state index in [-0.39, 0.29) is 23.6 Å². The van der Waals surface area contributed by atoms with Gasteiger partial charge in [-0.15, -0.1) is 0 Å². The number of rotatable bonds is 2. The van der Waals surface area contributed by atoms with E-state index in [1.807, 2.05) is 6.92 Å². The molecule has 2 heterocycles. The Kier molecular flexibility index (Phi) is 2.93. The molecule has 0 aliphatic carbocycles. The molecule has 1 fully saturated rings. The van der Waals surface area contributed by atoms with E-state index in [2.05, 4.69) is 16.0 Å². The smallest absolute Gasteiger partial charge is 0.246 e. The van der Waals surface area contributed by atoms with Crippen LogP contribution in [0.2, 0.25) is 0 Å². The summed E-state index contributed by atoms with van der Waals surface area (Å²) in [5.41, 5.74) is 2.30. The van der Waals surface area contributed by atoms with Gasteiger partial charge >= 0.3 is 0 Å². The first-order valence-corrected chi connectivity index (χ1v) is 6.59. The van der Waals surface area contributed by atoms with Gasteiger partial charge in [0.05, 0.1) is 5.92 Å². The summed E-state index contributed by atoms with van der Waals surface area (Å²) in [5, 5.41) is 8.18. The summed E-state index contributed by atoms with van der Waals surface area (Å²) >= 11 is 0. The Morgan fingerprint density at radius 2 is 2.15 bits per heavy atom. The number of amides is 3. The Morgan fingerprint density at radius 3 is 2.85 bits per heavy atom. The van der Waals surface area contributed by atoms with Crippen LogP contribution in [0.25, 0.3) is 0 Å². The van der Waals surface area contributed by atoms with Crippen LogP contribution >= 0.6 is 0 Å². The number of fused-ring (bicyclic) bond motifs is 1. The standard InChI is InChI=1S/C14H15N3O3/c1-7-9-6-8(2-3-10(9)17-13(7)19)15-14(20)11-4-5-12(18)16-11/h2-3,6-7,11H,4-5H2,1H3,(H,15,20)(H,16,18)(H,17,19). The minimum Gasteiger partial charge on any atom is -0.344 e. The van der Waals surface area contributed by atoms with Gasteiger partial charge in [-0.3, -0.25) is 14.4 Å². The monoisotopic (exact) mass is 273 g/mol. The second-order valence-corrected chi connectivity index (χ2v) is 5.16. The van der Waals surface area contributed by atoms with Crippen molar-refractivity contribution in [2.75, 3.05) is 10.6 Å². The van der Waals surface area contributed by atoms with E-state index >= 15 is 0 Å². The minimum absolute atomic E-state index is 0.0356. The lowest BCUT2D eigenvalue weighted by molar-refractivity contribution is -0.122. The first-order chi connectivity index (χ1) is 9.54. The average Bonchev–Trinajstić information content (AvgIpc) is 2.96. The Bertz CT molecular complexity index is 612. The highest BCUT2D eigenvalue weighted by Crippen LogP contribution is 2.34. The van der Waals surface area contributed by atoms with Gasteiger partial charge in [-0.1, -0.05) is 0 Å². The molecule has 2 atom stereocenters. The molecular formula is C14H15N3O3. The number of nitrogens with one attached hydrogen (secondary N) is 3. The number of carbonyl (C=O) groups is 3. The molecule has 1 aromatic carbocycles. The fourth-order valence-electron chi connectivity index (χ4n) is 2.53. The van der Waals surface area contributed by atoms with Crippen molar-refractivity contribution in [3.05, 3.63) is 23.8 Å². The van der Waals surface area contributed by atoms with Gasteiger partial charge in [0.25, 0.3) is 0 Å². The summed E-state index contributed by atoms with van der Waals surface area (Å²) in [7, 11) is 0. The summed E-state index contributed by atoms with van der Waals surface area (Å²) in [4.78, 5) is 34.7. The van der Waals surface area contributed by atoms with Crippen LogP contribution < -0.4 is 16.0 Å². The van der Waals surface area contributed by atoms with Crippen LogP contribution in [-0.4, -0.2) is 23.8 Å². The highest BCUT2D eigenvalue weighted by molar-refractivity contribution is 6.04. The summed E-state index contributed by atoms with van der Waals surface area (Å²) in [6.07, 6.45) is 0.907. The van der Waals surface area contributed by atoms with E-state index in [1.54, 1.807) is 18.2 Å². The molecule has 0 bridgehead atoms. The largest absolute Gasteiger partial charge is 0.344 e. The third kappa shape index (κ3) is 2.13. The summed E-state index contributed by atoms with van der Waals surface area (Å²) < 4.78 is 0. The van der Waals surface area contributed by atoms with Gasteiger partial charge in [0.15, 0.2) is 0 Å². The quantitative estimate of drug-likeness (QED) is 0.750. The van der Waals surface area contributed by atoms with Gasteiger partial charge in [0.2, 0.25) is 17.7 Å². The van der Waals surface area contributed by atoms with Crippen molar-refractivity contribution in [2.45, 2.75) is 31.7 Å². The van der Waals surface area contributed by atoms with Crippen molar-refractivity contribution < 1.29 is 14.4 Å². The molecule has 3 rings (SSSR count). The van der Waals surface area contributed by atoms with Gasteiger partial charge < -0.3 is 16.0 Å². The van der Waals surface area contributed by atoms with Crippen LogP contribution in [-0.2, 0) is 14.4 Å². The highest BCUT2D eigenvalue weighted by atomic mass is 16.2. The fourth-order valence-corrected chi connectivity index (χ4v) is 2.53. The Balaban J connectivity index is 1.74. The molecule has 0 aromatic heterocycles. The normalized spacial score (nSPS) is 24.1. The van der Waals surface area contributed by atoms with Crippen molar-refractivity contribution in [1.82, 2.24) is 5.32 Å². The topological polar surface area (TPSA) is 87.3 Å². The highest BCUT2D eigenvalue weighted by Gasteiger charge is 2.29. The van der Waals surface area contributed by atoms with Crippen molar-refractivity contribution in [3.63, 3.8) is 0 Å². The van der Waals surface area contributed by atoms with Gasteiger partial charge in [0, 0.05) is 17.8 Å². The number of anilines is 2. The Hall–Kier alpha value is -2.37. The lowest BCUT2D eigenvalue weighted by Gasteiger charge is -2.12. The third-order valence-electron chi connectivity index (χ3n) is 3.75. The molecule has 1 aromatic rings. The molecule has 1 saturated heterocycles. The Morgan fingerprint density at radius 1 is 1.35 bits per heavy atom. The van der Waals surface area contributed by atoms with Gasteiger partial charge in [0.1, 0.15) is 6.04 Å². The van der Waals surface area contributed by atoms with Crippen LogP contribution in [0.1, 0.15) is 31.2 Å². The average molecular weight is 273 g/mol. The van der Waals surface area contributed by atoms with E-state index in [4.69, 9.17) is 0 Å². The van der Waals surface area contributed by atoms with Gasteiger partial charge in [-0.25, -0.2) is 0 Å². The third-order valence-corrected chi connectivity index (χ3v) is 3.75. The van der Waals surface area contributed by atoms with Gasteiger partial charge in [-0.05, 0) is 37.1 Å². The van der Waals surface area contributed by atoms with Crippen molar-refractivity contribution >= 4 is 29.1 Å². The fraction of sp³-hybridized carbons (Fsp3) is 0.357. The summed E-state index contributed by atoms with van der Waals surface area (Å²) in [6, 6.07) is 4.85. The summed E-state index contributed by atoms with van der Waals surface area (Å²) in [6.45, 7) is 1.82. The van der Waals surface area contributed by atoms with Crippen LogP contribution in [0.4, 0.5) is 11.4 Å². The first-order valence-electron chi connectivity index (χ1n) is 6.59. The molecule has 0 saturated carbocycles. The zero-order chi connectivity index (χ0) is 14.3. The molecule has 20 heavy (non-hydrogen) atoms. The molecule has 6 nitrogen and oxygen atoms in total. The van der Waals surface area contributed by atoms with Crippen molar-refractivity contribution in [2.24, 2.45) is 0 Å². The van der Waals surface area contributed by atoms with Crippen LogP contribution in [0.5, 0.6) is 0 Å². The molecule has 0 radical (unpaired) electrons.